The summed E-state index contributed by atoms with van der Waals surface area (Å²) in [6.07, 6.45) is 0. The van der Waals surface area contributed by atoms with Crippen LogP contribution >= 0.6 is 17.0 Å². The molecule has 0 N–H and O–H groups in total. The average Bonchev–Trinajstić information content (AvgIpc) is 3.10. The summed E-state index contributed by atoms with van der Waals surface area (Å²) in [6.45, 7) is 6.09. The fraction of sp³-hybridized carbons (Fsp3) is 0.167. The third kappa shape index (κ3) is 7.91. The molecule has 3 aromatic carbocycles. The van der Waals surface area contributed by atoms with Crippen LogP contribution in [0.4, 0.5) is 0 Å². The van der Waals surface area contributed by atoms with E-state index in [1.807, 2.05) is 44.2 Å². The first kappa shape index (κ1) is 18.6. The maximum atomic E-state index is 5.54. The van der Waals surface area contributed by atoms with E-state index in [-0.39, 0.29) is 0 Å². The zero-order valence-electron chi connectivity index (χ0n) is 12.6. The first-order valence-electron chi connectivity index (χ1n) is 6.78. The van der Waals surface area contributed by atoms with Crippen LogP contribution in [0.3, 0.4) is 0 Å². The third-order valence-corrected chi connectivity index (χ3v) is 9.03. The van der Waals surface area contributed by atoms with E-state index in [4.69, 9.17) is 17.0 Å². The van der Waals surface area contributed by atoms with Gasteiger partial charge in [0.1, 0.15) is 0 Å². The van der Waals surface area contributed by atoms with Gasteiger partial charge in [-0.2, -0.15) is 24.3 Å². The first-order chi connectivity index (χ1) is 10.0. The average molecular weight is 398 g/mol. The monoisotopic (exact) mass is 396 g/mol. The van der Waals surface area contributed by atoms with Crippen LogP contribution < -0.4 is 0 Å². The molecule has 21 heavy (non-hydrogen) atoms. The van der Waals surface area contributed by atoms with Crippen LogP contribution in [0.5, 0.6) is 0 Å². The molecule has 0 aromatic heterocycles. The Labute approximate surface area is 142 Å². The van der Waals surface area contributed by atoms with Crippen molar-refractivity contribution in [2.24, 2.45) is 0 Å². The number of rotatable bonds is 0. The molecule has 0 atom stereocenters. The maximum Gasteiger partial charge on any atom is -0.0579 e. The van der Waals surface area contributed by atoms with Crippen molar-refractivity contribution in [3.63, 3.8) is 0 Å². The number of benzene rings is 1. The van der Waals surface area contributed by atoms with E-state index in [0.717, 1.165) is 0 Å². The molecule has 0 spiro atoms. The van der Waals surface area contributed by atoms with Crippen molar-refractivity contribution < 1.29 is 18.9 Å². The Balaban J connectivity index is 0.000000173. The standard InChI is InChI=1S/C10H9.C5H5.C3H6.2ClH.Zr/c1-8-6-9-4-2-3-5-10(9)7-8;1-2-4-5-3-1;1-3-2;;;/h2-7H,1H3;1-5H;1-2H3;2*1H;/q2*-1;;;;+2/p-2. The van der Waals surface area contributed by atoms with Crippen LogP contribution in [0, 0.1) is 6.92 Å². The van der Waals surface area contributed by atoms with E-state index < -0.39 is 18.9 Å². The summed E-state index contributed by atoms with van der Waals surface area (Å²) in [5.74, 6) is 0. The van der Waals surface area contributed by atoms with Crippen molar-refractivity contribution in [3.05, 3.63) is 72.3 Å². The van der Waals surface area contributed by atoms with E-state index in [2.05, 4.69) is 43.3 Å². The molecule has 0 nitrogen and oxygen atoms in total. The molecule has 0 radical (unpaired) electrons. The Bertz CT molecular complexity index is 595. The van der Waals surface area contributed by atoms with Gasteiger partial charge in [-0.15, -0.1) is 40.6 Å². The van der Waals surface area contributed by atoms with Crippen LogP contribution in [0.15, 0.2) is 66.7 Å². The minimum absolute atomic E-state index is 1.24. The van der Waals surface area contributed by atoms with Crippen molar-refractivity contribution >= 4 is 31.0 Å². The van der Waals surface area contributed by atoms with Crippen LogP contribution in [-0.2, 0) is 18.9 Å². The van der Waals surface area contributed by atoms with Gasteiger partial charge in [-0.25, -0.2) is 12.1 Å². The van der Waals surface area contributed by atoms with E-state index in [1.165, 1.54) is 19.5 Å². The molecule has 0 aliphatic heterocycles. The molecule has 0 aliphatic carbocycles. The summed E-state index contributed by atoms with van der Waals surface area (Å²) in [5, 5.41) is 2.69. The Morgan fingerprint density at radius 3 is 2.00 bits per heavy atom. The minimum atomic E-state index is -1.84. The minimum Gasteiger partial charge on any atom is -0.214 e. The predicted octanol–water partition coefficient (Wildman–Crippen LogP) is 6.40. The topological polar surface area (TPSA) is 0 Å². The molecular formula is C18H20Cl2Zr-2. The number of fused-ring (bicyclic) bond motifs is 1. The van der Waals surface area contributed by atoms with E-state index in [9.17, 15) is 0 Å². The zero-order valence-corrected chi connectivity index (χ0v) is 16.6. The molecule has 0 fully saturated rings. The van der Waals surface area contributed by atoms with Gasteiger partial charge in [0, 0.05) is 0 Å². The van der Waals surface area contributed by atoms with Crippen molar-refractivity contribution in [3.8, 4) is 0 Å². The Hall–Kier alpha value is -0.487. The molecule has 0 saturated carbocycles. The molecule has 3 heteroatoms. The Kier molecular flexibility index (Phi) is 9.08. The molecule has 0 unspecified atom stereocenters. The molecule has 0 bridgehead atoms. The SMILES string of the molecule is C[C](C)=[Zr]([Cl])[Cl].Cc1cc2ccccc2[cH-]1.c1cc[cH-]c1. The fourth-order valence-electron chi connectivity index (χ4n) is 1.63. The normalized spacial score (nSPS) is 9.19. The van der Waals surface area contributed by atoms with Crippen molar-refractivity contribution in [2.45, 2.75) is 20.8 Å². The van der Waals surface area contributed by atoms with Gasteiger partial charge in [0.2, 0.25) is 0 Å². The van der Waals surface area contributed by atoms with Crippen LogP contribution in [0.2, 0.25) is 0 Å². The number of halogens is 2. The van der Waals surface area contributed by atoms with Gasteiger partial charge in [-0.05, 0) is 0 Å². The summed E-state index contributed by atoms with van der Waals surface area (Å²) in [5.41, 5.74) is 1.35. The fourth-order valence-corrected chi connectivity index (χ4v) is 1.63. The van der Waals surface area contributed by atoms with Gasteiger partial charge >= 0.3 is 53.0 Å². The van der Waals surface area contributed by atoms with Gasteiger partial charge in [0.25, 0.3) is 0 Å². The molecule has 0 amide bonds. The number of hydrogen-bond donors (Lipinski definition) is 0. The van der Waals surface area contributed by atoms with Gasteiger partial charge in [-0.3, -0.25) is 0 Å². The zero-order chi connectivity index (χ0) is 15.7. The van der Waals surface area contributed by atoms with E-state index in [0.29, 0.717) is 0 Å². The maximum absolute atomic E-state index is 5.54. The van der Waals surface area contributed by atoms with Crippen molar-refractivity contribution in [2.75, 3.05) is 0 Å². The smallest absolute Gasteiger partial charge is 0.0579 e. The van der Waals surface area contributed by atoms with Gasteiger partial charge in [0.05, 0.1) is 0 Å². The van der Waals surface area contributed by atoms with Gasteiger partial charge in [-0.1, -0.05) is 13.0 Å². The van der Waals surface area contributed by atoms with Crippen molar-refractivity contribution in [1.29, 1.82) is 0 Å². The van der Waals surface area contributed by atoms with Gasteiger partial charge in [0.15, 0.2) is 0 Å². The predicted molar refractivity (Wildman–Crippen MR) is 94.4 cm³/mol. The van der Waals surface area contributed by atoms with E-state index in [1.54, 1.807) is 0 Å². The second-order valence-electron chi connectivity index (χ2n) is 4.88. The molecule has 112 valence electrons. The first-order valence-corrected chi connectivity index (χ1v) is 14.3. The molecule has 0 heterocycles. The van der Waals surface area contributed by atoms with Gasteiger partial charge < -0.3 is 0 Å². The second-order valence-corrected chi connectivity index (χ2v) is 14.2. The second kappa shape index (κ2) is 10.3. The summed E-state index contributed by atoms with van der Waals surface area (Å²) >= 11 is -1.84. The molecule has 0 aliphatic rings. The van der Waals surface area contributed by atoms with Crippen molar-refractivity contribution in [1.82, 2.24) is 0 Å². The van der Waals surface area contributed by atoms with Crippen LogP contribution in [-0.4, -0.2) is 3.21 Å². The molecule has 3 rings (SSSR count). The Morgan fingerprint density at radius 2 is 1.57 bits per heavy atom. The summed E-state index contributed by atoms with van der Waals surface area (Å²) in [7, 11) is 11.1. The quantitative estimate of drug-likeness (QED) is 0.385. The largest absolute Gasteiger partial charge is 0.214 e. The third-order valence-electron chi connectivity index (χ3n) is 2.70. The van der Waals surface area contributed by atoms with Crippen LogP contribution in [0.25, 0.3) is 10.8 Å². The Morgan fingerprint density at radius 1 is 1.00 bits per heavy atom. The van der Waals surface area contributed by atoms with E-state index >= 15 is 0 Å². The summed E-state index contributed by atoms with van der Waals surface area (Å²) in [6, 6.07) is 22.8. The molecule has 3 aromatic rings. The summed E-state index contributed by atoms with van der Waals surface area (Å²) < 4.78 is 1.24. The number of aryl methyl sites for hydroxylation is 1. The summed E-state index contributed by atoms with van der Waals surface area (Å²) in [4.78, 5) is 0. The van der Waals surface area contributed by atoms with Crippen LogP contribution in [0.1, 0.15) is 19.4 Å². The molecule has 0 saturated heterocycles. The molecular weight excluding hydrogens is 378 g/mol. The number of hydrogen-bond acceptors (Lipinski definition) is 0.